The monoisotopic (exact) mass is 264 g/mol. The van der Waals surface area contributed by atoms with Crippen LogP contribution in [-0.2, 0) is 6.54 Å². The number of hydrogen-bond donors (Lipinski definition) is 1. The van der Waals surface area contributed by atoms with E-state index in [1.54, 1.807) is 0 Å². The second-order valence-electron chi connectivity index (χ2n) is 5.69. The summed E-state index contributed by atoms with van der Waals surface area (Å²) in [6.07, 6.45) is 2.55. The van der Waals surface area contributed by atoms with E-state index in [4.69, 9.17) is 0 Å². The molecule has 0 radical (unpaired) electrons. The predicted molar refractivity (Wildman–Crippen MR) is 85.1 cm³/mol. The summed E-state index contributed by atoms with van der Waals surface area (Å²) in [6, 6.07) is 16.3. The van der Waals surface area contributed by atoms with Gasteiger partial charge in [-0.05, 0) is 50.1 Å². The summed E-state index contributed by atoms with van der Waals surface area (Å²) in [5.41, 5.74) is 4.14. The Hall–Kier alpha value is -1.80. The Morgan fingerprint density at radius 2 is 1.95 bits per heavy atom. The van der Waals surface area contributed by atoms with Crippen LogP contribution in [0, 0.1) is 0 Å². The molecule has 102 valence electrons. The van der Waals surface area contributed by atoms with Crippen LogP contribution < -0.4 is 5.32 Å². The molecule has 1 aliphatic rings. The first-order chi connectivity index (χ1) is 9.88. The van der Waals surface area contributed by atoms with Crippen molar-refractivity contribution < 1.29 is 0 Å². The van der Waals surface area contributed by atoms with Gasteiger partial charge in [0, 0.05) is 34.4 Å². The minimum Gasteiger partial charge on any atom is -0.341 e. The van der Waals surface area contributed by atoms with E-state index in [0.29, 0.717) is 6.04 Å². The van der Waals surface area contributed by atoms with Gasteiger partial charge >= 0.3 is 0 Å². The molecule has 2 nitrogen and oxygen atoms in total. The van der Waals surface area contributed by atoms with Crippen LogP contribution in [-0.4, -0.2) is 11.1 Å². The van der Waals surface area contributed by atoms with E-state index in [-0.39, 0.29) is 0 Å². The van der Waals surface area contributed by atoms with E-state index < -0.39 is 0 Å². The molecule has 1 aliphatic heterocycles. The molecule has 0 unspecified atom stereocenters. The Morgan fingerprint density at radius 3 is 2.75 bits per heavy atom. The molecule has 3 aromatic rings. The van der Waals surface area contributed by atoms with E-state index in [0.717, 1.165) is 13.1 Å². The molecule has 0 spiro atoms. The van der Waals surface area contributed by atoms with Crippen molar-refractivity contribution in [3.63, 3.8) is 0 Å². The number of fused-ring (bicyclic) bond motifs is 3. The predicted octanol–water partition coefficient (Wildman–Crippen LogP) is 4.24. The van der Waals surface area contributed by atoms with Crippen LogP contribution in [0.15, 0.2) is 42.5 Å². The smallest absolute Gasteiger partial charge is 0.0491 e. The maximum atomic E-state index is 3.60. The molecule has 0 amide bonds. The second-order valence-corrected chi connectivity index (χ2v) is 5.69. The van der Waals surface area contributed by atoms with Gasteiger partial charge in [-0.25, -0.2) is 0 Å². The van der Waals surface area contributed by atoms with Crippen LogP contribution in [0.3, 0.4) is 0 Å². The maximum Gasteiger partial charge on any atom is 0.0491 e. The average molecular weight is 264 g/mol. The second kappa shape index (κ2) is 4.64. The molecule has 2 heterocycles. The fraction of sp³-hybridized carbons (Fsp3) is 0.333. The van der Waals surface area contributed by atoms with Crippen molar-refractivity contribution in [1.82, 2.24) is 9.88 Å². The lowest BCUT2D eigenvalue weighted by Gasteiger charge is -2.11. The topological polar surface area (TPSA) is 17.0 Å². The fourth-order valence-corrected chi connectivity index (χ4v) is 3.60. The Bertz CT molecular complexity index is 764. The summed E-state index contributed by atoms with van der Waals surface area (Å²) in [6.45, 7) is 4.39. The van der Waals surface area contributed by atoms with Crippen LogP contribution >= 0.6 is 0 Å². The third-order valence-corrected chi connectivity index (χ3v) is 4.58. The molecular weight excluding hydrogens is 244 g/mol. The summed E-state index contributed by atoms with van der Waals surface area (Å²) in [7, 11) is 0. The fourth-order valence-electron chi connectivity index (χ4n) is 3.60. The van der Waals surface area contributed by atoms with Crippen molar-refractivity contribution in [1.29, 1.82) is 0 Å². The van der Waals surface area contributed by atoms with Gasteiger partial charge in [0.15, 0.2) is 0 Å². The van der Waals surface area contributed by atoms with Gasteiger partial charge < -0.3 is 9.88 Å². The molecule has 2 heteroatoms. The molecule has 1 aromatic heterocycles. The lowest BCUT2D eigenvalue weighted by Crippen LogP contribution is -2.12. The van der Waals surface area contributed by atoms with Crippen LogP contribution in [0.25, 0.3) is 21.8 Å². The molecule has 1 saturated heterocycles. The van der Waals surface area contributed by atoms with Crippen molar-refractivity contribution >= 4 is 21.8 Å². The minimum absolute atomic E-state index is 0.545. The molecule has 20 heavy (non-hydrogen) atoms. The molecule has 1 N–H and O–H groups in total. The highest BCUT2D eigenvalue weighted by molar-refractivity contribution is 6.08. The molecule has 0 bridgehead atoms. The number of para-hydroxylation sites is 1. The molecule has 0 saturated carbocycles. The van der Waals surface area contributed by atoms with E-state index in [9.17, 15) is 0 Å². The minimum atomic E-state index is 0.545. The Kier molecular flexibility index (Phi) is 2.78. The van der Waals surface area contributed by atoms with Gasteiger partial charge in [-0.3, -0.25) is 0 Å². The summed E-state index contributed by atoms with van der Waals surface area (Å²) in [5.74, 6) is 0. The number of aryl methyl sites for hydroxylation is 1. The first-order valence-corrected chi connectivity index (χ1v) is 7.63. The number of nitrogens with one attached hydrogen (secondary N) is 1. The SMILES string of the molecule is CCn1c2ccccc2c2cc([C@H]3CCCN3)ccc21. The molecule has 1 fully saturated rings. The highest BCUT2D eigenvalue weighted by Gasteiger charge is 2.17. The maximum absolute atomic E-state index is 3.60. The van der Waals surface area contributed by atoms with E-state index in [1.807, 2.05) is 0 Å². The summed E-state index contributed by atoms with van der Waals surface area (Å²) in [4.78, 5) is 0. The van der Waals surface area contributed by atoms with Crippen LogP contribution in [0.4, 0.5) is 0 Å². The van der Waals surface area contributed by atoms with Gasteiger partial charge in [0.1, 0.15) is 0 Å². The summed E-state index contributed by atoms with van der Waals surface area (Å²) in [5, 5.41) is 6.38. The normalized spacial score (nSPS) is 19.1. The molecule has 4 rings (SSSR count). The average Bonchev–Trinajstić information content (AvgIpc) is 3.12. The van der Waals surface area contributed by atoms with Crippen LogP contribution in [0.1, 0.15) is 31.4 Å². The molecule has 1 atom stereocenters. The van der Waals surface area contributed by atoms with Crippen molar-refractivity contribution in [2.24, 2.45) is 0 Å². The van der Waals surface area contributed by atoms with Crippen LogP contribution in [0.5, 0.6) is 0 Å². The number of rotatable bonds is 2. The van der Waals surface area contributed by atoms with Gasteiger partial charge in [0.25, 0.3) is 0 Å². The van der Waals surface area contributed by atoms with Crippen molar-refractivity contribution in [2.45, 2.75) is 32.4 Å². The Morgan fingerprint density at radius 1 is 1.10 bits per heavy atom. The number of nitrogens with zero attached hydrogens (tertiary/aromatic N) is 1. The lowest BCUT2D eigenvalue weighted by atomic mass is 10.0. The van der Waals surface area contributed by atoms with Gasteiger partial charge in [0.05, 0.1) is 0 Å². The van der Waals surface area contributed by atoms with Gasteiger partial charge in [-0.15, -0.1) is 0 Å². The van der Waals surface area contributed by atoms with E-state index in [2.05, 4.69) is 59.3 Å². The third-order valence-electron chi connectivity index (χ3n) is 4.58. The zero-order valence-electron chi connectivity index (χ0n) is 11.9. The standard InChI is InChI=1S/C18H20N2/c1-2-20-17-8-4-3-6-14(17)15-12-13(9-10-18(15)20)16-7-5-11-19-16/h3-4,6,8-10,12,16,19H,2,5,7,11H2,1H3/t16-/m1/s1. The quantitative estimate of drug-likeness (QED) is 0.732. The zero-order valence-corrected chi connectivity index (χ0v) is 11.9. The number of benzene rings is 2. The molecule has 0 aliphatic carbocycles. The highest BCUT2D eigenvalue weighted by Crippen LogP contribution is 2.32. The molecule has 2 aromatic carbocycles. The van der Waals surface area contributed by atoms with Gasteiger partial charge in [-0.1, -0.05) is 24.3 Å². The Balaban J connectivity index is 1.99. The van der Waals surface area contributed by atoms with E-state index in [1.165, 1.54) is 40.2 Å². The lowest BCUT2D eigenvalue weighted by molar-refractivity contribution is 0.648. The Labute approximate surface area is 119 Å². The third kappa shape index (κ3) is 1.68. The van der Waals surface area contributed by atoms with Gasteiger partial charge in [-0.2, -0.15) is 0 Å². The largest absolute Gasteiger partial charge is 0.341 e. The first kappa shape index (κ1) is 12.0. The van der Waals surface area contributed by atoms with Crippen LogP contribution in [0.2, 0.25) is 0 Å². The van der Waals surface area contributed by atoms with Gasteiger partial charge in [0.2, 0.25) is 0 Å². The first-order valence-electron chi connectivity index (χ1n) is 7.63. The number of hydrogen-bond acceptors (Lipinski definition) is 1. The summed E-state index contributed by atoms with van der Waals surface area (Å²) >= 11 is 0. The summed E-state index contributed by atoms with van der Waals surface area (Å²) < 4.78 is 2.41. The van der Waals surface area contributed by atoms with Crippen molar-refractivity contribution in [3.05, 3.63) is 48.0 Å². The van der Waals surface area contributed by atoms with Crippen molar-refractivity contribution in [3.8, 4) is 0 Å². The zero-order chi connectivity index (χ0) is 13.5. The molecular formula is C18H20N2. The van der Waals surface area contributed by atoms with Crippen molar-refractivity contribution in [2.75, 3.05) is 6.54 Å². The number of aromatic nitrogens is 1. The highest BCUT2D eigenvalue weighted by atomic mass is 15.0. The van der Waals surface area contributed by atoms with E-state index >= 15 is 0 Å².